The summed E-state index contributed by atoms with van der Waals surface area (Å²) in [5, 5.41) is 0.941. The zero-order chi connectivity index (χ0) is 30.0. The van der Waals surface area contributed by atoms with Crippen molar-refractivity contribution >= 4 is 39.3 Å². The standard InChI is InChI=1S/C26H24IN3O6.2C2H6/c1-14-10-15(6-8-28-14)13-30-22(26(32)36-5)20(17-7-9-29-24(27)21(17)25(30)31)16-11-18(33-2)23(35-4)19(12-16)34-3;2*1-2/h6-12H,13H2,1-5H3;2*1-2H3. The van der Waals surface area contributed by atoms with Crippen LogP contribution in [0.4, 0.5) is 0 Å². The fourth-order valence-corrected chi connectivity index (χ4v) is 4.89. The highest BCUT2D eigenvalue weighted by atomic mass is 127. The van der Waals surface area contributed by atoms with Gasteiger partial charge in [0, 0.05) is 29.0 Å². The van der Waals surface area contributed by atoms with Crippen LogP contribution in [0.2, 0.25) is 0 Å². The quantitative estimate of drug-likeness (QED) is 0.130. The highest BCUT2D eigenvalue weighted by Crippen LogP contribution is 2.43. The Hall–Kier alpha value is -3.67. The minimum absolute atomic E-state index is 0.0979. The highest BCUT2D eigenvalue weighted by molar-refractivity contribution is 14.1. The second-order valence-corrected chi connectivity index (χ2v) is 8.87. The summed E-state index contributed by atoms with van der Waals surface area (Å²) in [5.41, 5.74) is 2.42. The molecule has 0 unspecified atom stereocenters. The molecule has 1 aromatic carbocycles. The van der Waals surface area contributed by atoms with Crippen LogP contribution in [0, 0.1) is 10.6 Å². The van der Waals surface area contributed by atoms with Crippen LogP contribution in [0.5, 0.6) is 17.2 Å². The maximum Gasteiger partial charge on any atom is 0.355 e. The lowest BCUT2D eigenvalue weighted by molar-refractivity contribution is 0.0588. The van der Waals surface area contributed by atoms with Gasteiger partial charge in [0.05, 0.1) is 40.4 Å². The number of rotatable bonds is 7. The average molecular weight is 662 g/mol. The Morgan fingerprint density at radius 3 is 2.02 bits per heavy atom. The number of esters is 1. The van der Waals surface area contributed by atoms with Crippen LogP contribution in [0.1, 0.15) is 49.4 Å². The van der Waals surface area contributed by atoms with Crippen LogP contribution in [-0.2, 0) is 11.3 Å². The molecule has 4 aromatic rings. The minimum Gasteiger partial charge on any atom is -0.493 e. The molecule has 0 saturated carbocycles. The molecule has 0 amide bonds. The average Bonchev–Trinajstić information content (AvgIpc) is 2.99. The molecule has 0 N–H and O–H groups in total. The third-order valence-electron chi connectivity index (χ3n) is 5.77. The van der Waals surface area contributed by atoms with Crippen molar-refractivity contribution in [3.05, 3.63) is 73.7 Å². The molecule has 0 bridgehead atoms. The van der Waals surface area contributed by atoms with Gasteiger partial charge in [0.25, 0.3) is 5.56 Å². The molecule has 3 aromatic heterocycles. The number of nitrogens with zero attached hydrogens (tertiary/aromatic N) is 3. The van der Waals surface area contributed by atoms with E-state index in [-0.39, 0.29) is 17.8 Å². The maximum atomic E-state index is 13.8. The van der Waals surface area contributed by atoms with E-state index in [2.05, 4.69) is 9.97 Å². The summed E-state index contributed by atoms with van der Waals surface area (Å²) in [7, 11) is 5.83. The molecule has 0 aliphatic heterocycles. The van der Waals surface area contributed by atoms with Crippen LogP contribution in [0.25, 0.3) is 21.9 Å². The molecule has 214 valence electrons. The molecule has 0 atom stereocenters. The van der Waals surface area contributed by atoms with E-state index in [1.54, 1.807) is 36.7 Å². The van der Waals surface area contributed by atoms with Gasteiger partial charge in [-0.25, -0.2) is 9.78 Å². The number of hydrogen-bond donors (Lipinski definition) is 0. The molecular weight excluding hydrogens is 625 g/mol. The lowest BCUT2D eigenvalue weighted by Crippen LogP contribution is -2.29. The largest absolute Gasteiger partial charge is 0.493 e. The first kappa shape index (κ1) is 32.5. The highest BCUT2D eigenvalue weighted by Gasteiger charge is 2.27. The van der Waals surface area contributed by atoms with E-state index in [1.807, 2.05) is 63.3 Å². The number of benzene rings is 1. The van der Waals surface area contributed by atoms with Gasteiger partial charge in [-0.3, -0.25) is 14.3 Å². The van der Waals surface area contributed by atoms with Crippen molar-refractivity contribution in [2.75, 3.05) is 28.4 Å². The molecule has 0 spiro atoms. The van der Waals surface area contributed by atoms with Gasteiger partial charge in [-0.05, 0) is 71.0 Å². The fraction of sp³-hybridized carbons (Fsp3) is 0.333. The van der Waals surface area contributed by atoms with E-state index < -0.39 is 5.97 Å². The fourth-order valence-electron chi connectivity index (χ4n) is 4.21. The van der Waals surface area contributed by atoms with E-state index in [9.17, 15) is 9.59 Å². The summed E-state index contributed by atoms with van der Waals surface area (Å²) in [5.74, 6) is 0.559. The van der Waals surface area contributed by atoms with Crippen LogP contribution >= 0.6 is 22.6 Å². The summed E-state index contributed by atoms with van der Waals surface area (Å²) in [6.07, 6.45) is 3.27. The number of aryl methyl sites for hydroxylation is 1. The summed E-state index contributed by atoms with van der Waals surface area (Å²) < 4.78 is 23.7. The molecule has 10 heteroatoms. The number of carbonyl (C=O) groups is 1. The second kappa shape index (κ2) is 15.2. The molecule has 3 heterocycles. The number of fused-ring (bicyclic) bond motifs is 1. The van der Waals surface area contributed by atoms with Crippen molar-refractivity contribution in [3.63, 3.8) is 0 Å². The first-order chi connectivity index (χ1) is 19.3. The summed E-state index contributed by atoms with van der Waals surface area (Å²) in [6, 6.07) is 8.86. The van der Waals surface area contributed by atoms with Gasteiger partial charge in [-0.1, -0.05) is 27.7 Å². The van der Waals surface area contributed by atoms with E-state index in [0.717, 1.165) is 11.3 Å². The Morgan fingerprint density at radius 1 is 0.900 bits per heavy atom. The van der Waals surface area contributed by atoms with E-state index in [0.29, 0.717) is 42.8 Å². The van der Waals surface area contributed by atoms with Crippen molar-refractivity contribution in [2.45, 2.75) is 41.2 Å². The number of carbonyl (C=O) groups excluding carboxylic acids is 1. The summed E-state index contributed by atoms with van der Waals surface area (Å²) >= 11 is 2.03. The van der Waals surface area contributed by atoms with Gasteiger partial charge in [-0.15, -0.1) is 0 Å². The lowest BCUT2D eigenvalue weighted by atomic mass is 9.96. The van der Waals surface area contributed by atoms with Crippen LogP contribution in [-0.4, -0.2) is 48.9 Å². The predicted octanol–water partition coefficient (Wildman–Crippen LogP) is 6.28. The first-order valence-electron chi connectivity index (χ1n) is 12.9. The second-order valence-electron chi connectivity index (χ2n) is 7.85. The van der Waals surface area contributed by atoms with Crippen molar-refractivity contribution < 1.29 is 23.7 Å². The van der Waals surface area contributed by atoms with Gasteiger partial charge in [-0.2, -0.15) is 0 Å². The Labute approximate surface area is 248 Å². The normalized spacial score (nSPS) is 10.1. The number of pyridine rings is 3. The van der Waals surface area contributed by atoms with Gasteiger partial charge in [0.2, 0.25) is 5.75 Å². The Morgan fingerprint density at radius 2 is 1.50 bits per heavy atom. The molecule has 0 aliphatic rings. The Bertz CT molecular complexity index is 1510. The van der Waals surface area contributed by atoms with Crippen LogP contribution in [0.15, 0.2) is 47.5 Å². The monoisotopic (exact) mass is 661 g/mol. The van der Waals surface area contributed by atoms with Crippen molar-refractivity contribution in [1.29, 1.82) is 0 Å². The van der Waals surface area contributed by atoms with Crippen molar-refractivity contribution in [3.8, 4) is 28.4 Å². The van der Waals surface area contributed by atoms with Crippen LogP contribution in [0.3, 0.4) is 0 Å². The maximum absolute atomic E-state index is 13.8. The third-order valence-corrected chi connectivity index (χ3v) is 6.59. The Balaban J connectivity index is 0.00000134. The number of hydrogen-bond acceptors (Lipinski definition) is 8. The van der Waals surface area contributed by atoms with Crippen LogP contribution < -0.4 is 19.8 Å². The van der Waals surface area contributed by atoms with E-state index in [4.69, 9.17) is 18.9 Å². The first-order valence-corrected chi connectivity index (χ1v) is 13.9. The number of aromatic nitrogens is 3. The molecule has 0 aliphatic carbocycles. The Kier molecular flexibility index (Phi) is 12.4. The molecule has 4 rings (SSSR count). The molecular formula is C30H36IN3O6. The topological polar surface area (TPSA) is 102 Å². The zero-order valence-electron chi connectivity index (χ0n) is 24.4. The lowest BCUT2D eigenvalue weighted by Gasteiger charge is -2.20. The molecule has 40 heavy (non-hydrogen) atoms. The molecule has 0 fully saturated rings. The van der Waals surface area contributed by atoms with E-state index >= 15 is 0 Å². The number of methoxy groups -OCH3 is 4. The zero-order valence-corrected chi connectivity index (χ0v) is 26.6. The van der Waals surface area contributed by atoms with Crippen molar-refractivity contribution in [2.24, 2.45) is 0 Å². The van der Waals surface area contributed by atoms with E-state index in [1.165, 1.54) is 33.0 Å². The summed E-state index contributed by atoms with van der Waals surface area (Å²) in [4.78, 5) is 35.7. The smallest absolute Gasteiger partial charge is 0.355 e. The van der Waals surface area contributed by atoms with Gasteiger partial charge in [0.15, 0.2) is 11.5 Å². The number of halogens is 1. The molecule has 9 nitrogen and oxygen atoms in total. The minimum atomic E-state index is -0.657. The molecule has 0 saturated heterocycles. The van der Waals surface area contributed by atoms with Crippen molar-refractivity contribution in [1.82, 2.24) is 14.5 Å². The van der Waals surface area contributed by atoms with Gasteiger partial charge in [0.1, 0.15) is 9.39 Å². The molecule has 0 radical (unpaired) electrons. The van der Waals surface area contributed by atoms with Gasteiger partial charge < -0.3 is 18.9 Å². The summed E-state index contributed by atoms with van der Waals surface area (Å²) in [6.45, 7) is 9.99. The van der Waals surface area contributed by atoms with Gasteiger partial charge >= 0.3 is 5.97 Å². The SMILES string of the molecule is CC.CC.COC(=O)c1c(-c2cc(OC)c(OC)c(OC)c2)c2ccnc(I)c2c(=O)n1Cc1ccnc(C)c1. The number of ether oxygens (including phenoxy) is 4. The third kappa shape index (κ3) is 6.55. The predicted molar refractivity (Wildman–Crippen MR) is 166 cm³/mol.